The molecule has 0 aliphatic carbocycles. The van der Waals surface area contributed by atoms with Crippen molar-refractivity contribution in [3.63, 3.8) is 0 Å². The van der Waals surface area contributed by atoms with Crippen molar-refractivity contribution < 1.29 is 18.4 Å². The van der Waals surface area contributed by atoms with Crippen LogP contribution < -0.4 is 10.6 Å². The van der Waals surface area contributed by atoms with Gasteiger partial charge in [-0.25, -0.2) is 8.78 Å². The molecule has 23 heavy (non-hydrogen) atoms. The van der Waals surface area contributed by atoms with Gasteiger partial charge in [0.05, 0.1) is 18.2 Å². The molecule has 116 valence electrons. The molecule has 0 unspecified atom stereocenters. The van der Waals surface area contributed by atoms with Crippen LogP contribution in [-0.4, -0.2) is 18.4 Å². The van der Waals surface area contributed by atoms with Crippen molar-refractivity contribution in [2.75, 3.05) is 11.9 Å². The van der Waals surface area contributed by atoms with Gasteiger partial charge in [0.2, 0.25) is 5.91 Å². The summed E-state index contributed by atoms with van der Waals surface area (Å²) in [6.45, 7) is -0.353. The maximum Gasteiger partial charge on any atom is 0.251 e. The van der Waals surface area contributed by atoms with Gasteiger partial charge in [0.1, 0.15) is 0 Å². The van der Waals surface area contributed by atoms with E-state index >= 15 is 0 Å². The number of nitrogens with one attached hydrogen (secondary N) is 2. The lowest BCUT2D eigenvalue weighted by Crippen LogP contribution is -2.32. The van der Waals surface area contributed by atoms with E-state index in [2.05, 4.69) is 10.6 Å². The highest BCUT2D eigenvalue weighted by Crippen LogP contribution is 2.10. The number of nitriles is 1. The largest absolute Gasteiger partial charge is 0.343 e. The van der Waals surface area contributed by atoms with Crippen LogP contribution >= 0.6 is 0 Å². The van der Waals surface area contributed by atoms with Crippen LogP contribution in [0, 0.1) is 23.0 Å². The predicted molar refractivity (Wildman–Crippen MR) is 78.5 cm³/mol. The summed E-state index contributed by atoms with van der Waals surface area (Å²) in [4.78, 5) is 23.5. The molecule has 0 spiro atoms. The third-order valence-corrected chi connectivity index (χ3v) is 2.87. The Balaban J connectivity index is 1.92. The van der Waals surface area contributed by atoms with E-state index in [0.717, 1.165) is 18.2 Å². The molecule has 0 bridgehead atoms. The highest BCUT2D eigenvalue weighted by molar-refractivity contribution is 5.99. The molecule has 0 fully saturated rings. The summed E-state index contributed by atoms with van der Waals surface area (Å²) in [6, 6.07) is 10.9. The predicted octanol–water partition coefficient (Wildman–Crippen LogP) is 2.20. The Bertz CT molecular complexity index is 800. The van der Waals surface area contributed by atoms with Crippen molar-refractivity contribution in [1.29, 1.82) is 5.26 Å². The van der Waals surface area contributed by atoms with Crippen LogP contribution in [0.2, 0.25) is 0 Å². The molecule has 0 saturated heterocycles. The molecule has 2 N–H and O–H groups in total. The number of carbonyl (C=O) groups is 2. The van der Waals surface area contributed by atoms with Crippen molar-refractivity contribution in [3.8, 4) is 6.07 Å². The lowest BCUT2D eigenvalue weighted by Gasteiger charge is -2.07. The van der Waals surface area contributed by atoms with Gasteiger partial charge in [-0.15, -0.1) is 0 Å². The molecule has 0 aliphatic rings. The number of carbonyl (C=O) groups excluding carboxylic acids is 2. The highest BCUT2D eigenvalue weighted by atomic mass is 19.2. The Labute approximate surface area is 130 Å². The second kappa shape index (κ2) is 7.13. The smallest absolute Gasteiger partial charge is 0.251 e. The van der Waals surface area contributed by atoms with E-state index in [1.165, 1.54) is 6.07 Å². The third kappa shape index (κ3) is 4.35. The Kier molecular flexibility index (Phi) is 5.00. The summed E-state index contributed by atoms with van der Waals surface area (Å²) in [6.07, 6.45) is 0. The number of nitrogens with zero attached hydrogens (tertiary/aromatic N) is 1. The van der Waals surface area contributed by atoms with Crippen molar-refractivity contribution >= 4 is 17.5 Å². The number of amides is 2. The second-order valence-electron chi connectivity index (χ2n) is 4.55. The molecule has 7 heteroatoms. The number of rotatable bonds is 4. The molecule has 2 amide bonds. The van der Waals surface area contributed by atoms with Crippen LogP contribution in [0.25, 0.3) is 0 Å². The Morgan fingerprint density at radius 2 is 1.87 bits per heavy atom. The molecule has 0 atom stereocenters. The molecule has 0 aromatic heterocycles. The molecule has 2 aromatic rings. The van der Waals surface area contributed by atoms with Crippen molar-refractivity contribution in [3.05, 3.63) is 65.2 Å². The summed E-state index contributed by atoms with van der Waals surface area (Å²) < 4.78 is 25.8. The van der Waals surface area contributed by atoms with E-state index in [9.17, 15) is 18.4 Å². The van der Waals surface area contributed by atoms with Gasteiger partial charge in [-0.3, -0.25) is 9.59 Å². The molecule has 2 aromatic carbocycles. The minimum absolute atomic E-state index is 0.0943. The van der Waals surface area contributed by atoms with Crippen LogP contribution in [0.5, 0.6) is 0 Å². The first-order valence-corrected chi connectivity index (χ1v) is 6.53. The third-order valence-electron chi connectivity index (χ3n) is 2.87. The van der Waals surface area contributed by atoms with Crippen LogP contribution in [0.3, 0.4) is 0 Å². The van der Waals surface area contributed by atoms with E-state index in [1.807, 2.05) is 6.07 Å². The molecule has 2 rings (SSSR count). The summed E-state index contributed by atoms with van der Waals surface area (Å²) in [7, 11) is 0. The summed E-state index contributed by atoms with van der Waals surface area (Å²) in [5.41, 5.74) is 0.702. The van der Waals surface area contributed by atoms with E-state index in [4.69, 9.17) is 5.26 Å². The van der Waals surface area contributed by atoms with Gasteiger partial charge < -0.3 is 10.6 Å². The molecule has 0 aliphatic heterocycles. The summed E-state index contributed by atoms with van der Waals surface area (Å²) in [5, 5.41) is 13.6. The Morgan fingerprint density at radius 1 is 1.09 bits per heavy atom. The minimum atomic E-state index is -1.14. The average Bonchev–Trinajstić information content (AvgIpc) is 2.55. The van der Waals surface area contributed by atoms with Gasteiger partial charge in [-0.1, -0.05) is 6.07 Å². The molecule has 0 radical (unpaired) electrons. The molecule has 0 saturated carbocycles. The Morgan fingerprint density at radius 3 is 2.57 bits per heavy atom. The fourth-order valence-corrected chi connectivity index (χ4v) is 1.77. The summed E-state index contributed by atoms with van der Waals surface area (Å²) >= 11 is 0. The number of anilines is 1. The first-order valence-electron chi connectivity index (χ1n) is 6.53. The monoisotopic (exact) mass is 315 g/mol. The van der Waals surface area contributed by atoms with Gasteiger partial charge in [0, 0.05) is 11.3 Å². The lowest BCUT2D eigenvalue weighted by molar-refractivity contribution is -0.115. The fourth-order valence-electron chi connectivity index (χ4n) is 1.77. The standard InChI is InChI=1S/C16H11F2N3O2/c17-13-5-4-11(7-14(13)18)16(23)20-9-15(22)21-12-3-1-2-10(6-12)8-19/h1-7H,9H2,(H,20,23)(H,21,22). The van der Waals surface area contributed by atoms with E-state index in [1.54, 1.807) is 18.2 Å². The van der Waals surface area contributed by atoms with Gasteiger partial charge >= 0.3 is 0 Å². The second-order valence-corrected chi connectivity index (χ2v) is 4.55. The van der Waals surface area contributed by atoms with E-state index in [0.29, 0.717) is 11.3 Å². The molecule has 0 heterocycles. The first-order chi connectivity index (χ1) is 11.0. The van der Waals surface area contributed by atoms with Crippen LogP contribution in [0.15, 0.2) is 42.5 Å². The van der Waals surface area contributed by atoms with Crippen LogP contribution in [-0.2, 0) is 4.79 Å². The molecule has 5 nitrogen and oxygen atoms in total. The number of hydrogen-bond donors (Lipinski definition) is 2. The minimum Gasteiger partial charge on any atom is -0.343 e. The van der Waals surface area contributed by atoms with Gasteiger partial charge in [-0.05, 0) is 36.4 Å². The lowest BCUT2D eigenvalue weighted by atomic mass is 10.2. The molecular formula is C16H11F2N3O2. The first kappa shape index (κ1) is 16.1. The quantitative estimate of drug-likeness (QED) is 0.907. The molecular weight excluding hydrogens is 304 g/mol. The van der Waals surface area contributed by atoms with Gasteiger partial charge in [0.25, 0.3) is 5.91 Å². The average molecular weight is 315 g/mol. The SMILES string of the molecule is N#Cc1cccc(NC(=O)CNC(=O)c2ccc(F)c(F)c2)c1. The van der Waals surface area contributed by atoms with E-state index in [-0.39, 0.29) is 12.1 Å². The van der Waals surface area contributed by atoms with Crippen molar-refractivity contribution in [2.45, 2.75) is 0 Å². The number of halogens is 2. The maximum atomic E-state index is 13.0. The van der Waals surface area contributed by atoms with Crippen LogP contribution in [0.4, 0.5) is 14.5 Å². The van der Waals surface area contributed by atoms with Crippen molar-refractivity contribution in [2.24, 2.45) is 0 Å². The topological polar surface area (TPSA) is 82.0 Å². The van der Waals surface area contributed by atoms with Gasteiger partial charge in [-0.2, -0.15) is 5.26 Å². The summed E-state index contributed by atoms with van der Waals surface area (Å²) in [5.74, 6) is -3.42. The zero-order chi connectivity index (χ0) is 16.8. The maximum absolute atomic E-state index is 13.0. The number of hydrogen-bond acceptors (Lipinski definition) is 3. The number of benzene rings is 2. The van der Waals surface area contributed by atoms with Crippen LogP contribution in [0.1, 0.15) is 15.9 Å². The Hall–Kier alpha value is -3.27. The zero-order valence-corrected chi connectivity index (χ0v) is 11.8. The van der Waals surface area contributed by atoms with Gasteiger partial charge in [0.15, 0.2) is 11.6 Å². The van der Waals surface area contributed by atoms with Crippen molar-refractivity contribution in [1.82, 2.24) is 5.32 Å². The highest BCUT2D eigenvalue weighted by Gasteiger charge is 2.11. The van der Waals surface area contributed by atoms with E-state index < -0.39 is 23.4 Å². The normalized spacial score (nSPS) is 9.78. The fraction of sp³-hybridized carbons (Fsp3) is 0.0625. The zero-order valence-electron chi connectivity index (χ0n) is 11.8.